The van der Waals surface area contributed by atoms with Gasteiger partial charge in [0.25, 0.3) is 0 Å². The molecule has 0 atom stereocenters. The molecule has 1 aliphatic rings. The number of hydrogen-bond donors (Lipinski definition) is 0. The van der Waals surface area contributed by atoms with E-state index >= 15 is 0 Å². The Morgan fingerprint density at radius 1 is 1.14 bits per heavy atom. The highest BCUT2D eigenvalue weighted by Gasteiger charge is 2.29. The Balaban J connectivity index is 1.39. The molecule has 1 aliphatic carbocycles. The lowest BCUT2D eigenvalue weighted by molar-refractivity contribution is -0.118. The first-order chi connectivity index (χ1) is 17.0. The second kappa shape index (κ2) is 11.7. The summed E-state index contributed by atoms with van der Waals surface area (Å²) in [6, 6.07) is 11.5. The number of rotatable bonds is 13. The summed E-state index contributed by atoms with van der Waals surface area (Å²) in [5, 5.41) is 8.27. The van der Waals surface area contributed by atoms with Gasteiger partial charge in [0.1, 0.15) is 0 Å². The number of allylic oxidation sites excluding steroid dienone is 1. The van der Waals surface area contributed by atoms with Gasteiger partial charge in [-0.15, -0.1) is 10.2 Å². The topological polar surface area (TPSA) is 81.4 Å². The number of benzene rings is 1. The van der Waals surface area contributed by atoms with Crippen LogP contribution in [0.1, 0.15) is 62.6 Å². The summed E-state index contributed by atoms with van der Waals surface area (Å²) in [6.45, 7) is 3.83. The minimum Gasteiger partial charge on any atom is -0.481 e. The molecule has 1 saturated carbocycles. The van der Waals surface area contributed by atoms with E-state index in [1.165, 1.54) is 0 Å². The Labute approximate surface area is 205 Å². The number of hydrogen-bond acceptors (Lipinski definition) is 6. The maximum atomic E-state index is 13.3. The lowest BCUT2D eigenvalue weighted by atomic mass is 10.1. The predicted molar refractivity (Wildman–Crippen MR) is 132 cm³/mol. The van der Waals surface area contributed by atoms with Gasteiger partial charge in [0, 0.05) is 49.7 Å². The molecule has 1 amide bonds. The van der Waals surface area contributed by atoms with Crippen LogP contribution in [-0.4, -0.2) is 34.7 Å². The molecule has 0 spiro atoms. The second-order valence-corrected chi connectivity index (χ2v) is 8.82. The zero-order valence-corrected chi connectivity index (χ0v) is 20.1. The normalized spacial score (nSPS) is 13.0. The average molecular weight is 479 g/mol. The monoisotopic (exact) mass is 478 g/mol. The molecule has 2 heterocycles. The van der Waals surface area contributed by atoms with Crippen molar-refractivity contribution in [1.82, 2.24) is 15.2 Å². The molecule has 4 rings (SSSR count). The number of nitrogens with zero attached hydrogens (tertiary/aromatic N) is 4. The molecule has 0 bridgehead atoms. The fraction of sp³-hybridized carbons (Fsp3) is 0.407. The quantitative estimate of drug-likeness (QED) is 0.279. The lowest BCUT2D eigenvalue weighted by Crippen LogP contribution is -2.31. The van der Waals surface area contributed by atoms with Crippen LogP contribution in [0.15, 0.2) is 59.4 Å². The van der Waals surface area contributed by atoms with Crippen molar-refractivity contribution in [1.29, 1.82) is 0 Å². The maximum absolute atomic E-state index is 13.3. The summed E-state index contributed by atoms with van der Waals surface area (Å²) in [7, 11) is 1.58. The van der Waals surface area contributed by atoms with Gasteiger partial charge >= 0.3 is 0 Å². The molecule has 0 aliphatic heterocycles. The average Bonchev–Trinajstić information content (AvgIpc) is 3.62. The predicted octanol–water partition coefficient (Wildman–Crippen LogP) is 6.03. The minimum absolute atomic E-state index is 0.0249. The second-order valence-electron chi connectivity index (χ2n) is 8.82. The zero-order chi connectivity index (χ0) is 24.6. The molecule has 3 aromatic rings. The van der Waals surface area contributed by atoms with Gasteiger partial charge in [0.15, 0.2) is 0 Å². The van der Waals surface area contributed by atoms with Gasteiger partial charge in [0.2, 0.25) is 23.6 Å². The molecular formula is C27H31FN4O3. The fourth-order valence-electron chi connectivity index (χ4n) is 3.92. The van der Waals surface area contributed by atoms with E-state index in [4.69, 9.17) is 9.15 Å². The van der Waals surface area contributed by atoms with Crippen LogP contribution < -0.4 is 9.64 Å². The largest absolute Gasteiger partial charge is 0.481 e. The first-order valence-electron chi connectivity index (χ1n) is 12.1. The smallest absolute Gasteiger partial charge is 0.227 e. The van der Waals surface area contributed by atoms with Gasteiger partial charge in [-0.1, -0.05) is 25.1 Å². The highest BCUT2D eigenvalue weighted by Crippen LogP contribution is 2.39. The molecule has 35 heavy (non-hydrogen) atoms. The van der Waals surface area contributed by atoms with E-state index in [9.17, 15) is 9.18 Å². The number of aromatic nitrogens is 3. The highest BCUT2D eigenvalue weighted by atomic mass is 19.1. The maximum Gasteiger partial charge on any atom is 0.227 e. The number of unbranched alkanes of at least 4 members (excludes halogenated alkanes) is 2. The molecule has 2 aromatic heterocycles. The van der Waals surface area contributed by atoms with E-state index in [1.807, 2.05) is 36.4 Å². The molecule has 0 saturated heterocycles. The van der Waals surface area contributed by atoms with Gasteiger partial charge in [-0.3, -0.25) is 4.79 Å². The van der Waals surface area contributed by atoms with Crippen LogP contribution in [0, 0.1) is 0 Å². The van der Waals surface area contributed by atoms with Crippen LogP contribution in [0.2, 0.25) is 0 Å². The summed E-state index contributed by atoms with van der Waals surface area (Å²) in [4.78, 5) is 18.9. The lowest BCUT2D eigenvalue weighted by Gasteiger charge is -2.23. The highest BCUT2D eigenvalue weighted by molar-refractivity contribution is 5.94. The minimum atomic E-state index is -0.485. The summed E-state index contributed by atoms with van der Waals surface area (Å²) in [5.74, 6) is 1.81. The van der Waals surface area contributed by atoms with Crippen LogP contribution in [0.25, 0.3) is 11.1 Å². The summed E-state index contributed by atoms with van der Waals surface area (Å²) >= 11 is 0. The van der Waals surface area contributed by atoms with E-state index < -0.39 is 5.83 Å². The van der Waals surface area contributed by atoms with E-state index in [1.54, 1.807) is 18.2 Å². The third kappa shape index (κ3) is 6.97. The van der Waals surface area contributed by atoms with Gasteiger partial charge in [-0.25, -0.2) is 9.37 Å². The third-order valence-corrected chi connectivity index (χ3v) is 6.03. The van der Waals surface area contributed by atoms with Crippen molar-refractivity contribution in [2.45, 2.75) is 57.3 Å². The van der Waals surface area contributed by atoms with Crippen LogP contribution in [0.3, 0.4) is 0 Å². The van der Waals surface area contributed by atoms with Gasteiger partial charge in [-0.2, -0.15) is 0 Å². The number of halogens is 1. The van der Waals surface area contributed by atoms with Gasteiger partial charge in [-0.05, 0) is 55.0 Å². The van der Waals surface area contributed by atoms with Crippen LogP contribution in [-0.2, 0) is 11.2 Å². The fourth-order valence-corrected chi connectivity index (χ4v) is 3.92. The molecule has 0 N–H and O–H groups in total. The van der Waals surface area contributed by atoms with Crippen molar-refractivity contribution in [3.05, 3.63) is 66.8 Å². The Bertz CT molecular complexity index is 1160. The number of carbonyl (C=O) groups excluding carboxylic acids is 1. The molecule has 7 nitrogen and oxygen atoms in total. The molecule has 0 radical (unpaired) electrons. The third-order valence-electron chi connectivity index (χ3n) is 6.03. The Morgan fingerprint density at radius 2 is 1.97 bits per heavy atom. The molecule has 1 fully saturated rings. The van der Waals surface area contributed by atoms with Crippen molar-refractivity contribution < 1.29 is 18.3 Å². The molecular weight excluding hydrogens is 447 g/mol. The van der Waals surface area contributed by atoms with Crippen LogP contribution in [0.4, 0.5) is 10.1 Å². The summed E-state index contributed by atoms with van der Waals surface area (Å²) in [5.41, 5.74) is 2.66. The number of carbonyl (C=O) groups is 1. The van der Waals surface area contributed by atoms with E-state index in [0.717, 1.165) is 61.2 Å². The first kappa shape index (κ1) is 24.6. The first-order valence-corrected chi connectivity index (χ1v) is 12.1. The molecule has 0 unspecified atom stereocenters. The molecule has 1 aromatic carbocycles. The Morgan fingerprint density at radius 3 is 2.74 bits per heavy atom. The number of methoxy groups -OCH3 is 1. The van der Waals surface area contributed by atoms with Crippen molar-refractivity contribution in [3.63, 3.8) is 0 Å². The van der Waals surface area contributed by atoms with E-state index in [2.05, 4.69) is 21.8 Å². The molecule has 184 valence electrons. The van der Waals surface area contributed by atoms with Gasteiger partial charge in [0.05, 0.1) is 12.9 Å². The van der Waals surface area contributed by atoms with Gasteiger partial charge < -0.3 is 14.1 Å². The number of anilines is 1. The number of amides is 1. The van der Waals surface area contributed by atoms with E-state index in [-0.39, 0.29) is 18.7 Å². The Kier molecular flexibility index (Phi) is 8.23. The number of ether oxygens (including phenoxy) is 1. The van der Waals surface area contributed by atoms with Crippen LogP contribution >= 0.6 is 0 Å². The Hall–Kier alpha value is -3.55. The summed E-state index contributed by atoms with van der Waals surface area (Å²) < 4.78 is 24.2. The van der Waals surface area contributed by atoms with Crippen LogP contribution in [0.5, 0.6) is 5.88 Å². The van der Waals surface area contributed by atoms with Crippen molar-refractivity contribution in [3.8, 4) is 17.0 Å². The van der Waals surface area contributed by atoms with Crippen molar-refractivity contribution >= 4 is 11.6 Å². The standard InChI is InChI=1S/C27H31FN4O3/c1-19(28)10-13-26(33)32(16-5-3-4-9-24-30-31-27(35-24)20-11-12-20)23-8-6-7-21(17-23)22-14-15-29-25(18-22)34-2/h6-8,14-15,17-18,20H,1,3-5,9-13,16H2,2H3. The SMILES string of the molecule is C=C(F)CCC(=O)N(CCCCCc1nnc(C2CC2)o1)c1cccc(-c2ccnc(OC)c2)c1. The summed E-state index contributed by atoms with van der Waals surface area (Å²) in [6.07, 6.45) is 7.40. The zero-order valence-electron chi connectivity index (χ0n) is 20.1. The van der Waals surface area contributed by atoms with E-state index in [0.29, 0.717) is 24.2 Å². The molecule has 8 heteroatoms. The van der Waals surface area contributed by atoms with Crippen molar-refractivity contribution in [2.75, 3.05) is 18.6 Å². The van der Waals surface area contributed by atoms with Crippen molar-refractivity contribution in [2.24, 2.45) is 0 Å². The number of aryl methyl sites for hydroxylation is 1. The number of pyridine rings is 1.